The fourth-order valence-corrected chi connectivity index (χ4v) is 5.71. The minimum absolute atomic E-state index is 0.0499. The number of methoxy groups -OCH3 is 1. The number of nitrogens with zero attached hydrogens (tertiary/aromatic N) is 2. The molecule has 5 rings (SSSR count). The van der Waals surface area contributed by atoms with Gasteiger partial charge in [-0.15, -0.1) is 0 Å². The maximum atomic E-state index is 13.6. The molecule has 0 radical (unpaired) electrons. The number of anilines is 1. The van der Waals surface area contributed by atoms with Crippen molar-refractivity contribution in [2.45, 2.75) is 45.6 Å². The van der Waals surface area contributed by atoms with Crippen LogP contribution in [0.1, 0.15) is 47.4 Å². The normalized spacial score (nSPS) is 17.2. The van der Waals surface area contributed by atoms with Crippen molar-refractivity contribution in [1.29, 1.82) is 5.26 Å². The fourth-order valence-electron chi connectivity index (χ4n) is 5.52. The highest BCUT2D eigenvalue weighted by atomic mass is 35.5. The molecule has 1 atom stereocenters. The minimum atomic E-state index is -0.549. The third-order valence-electron chi connectivity index (χ3n) is 7.50. The molecule has 6 nitrogen and oxygen atoms in total. The van der Waals surface area contributed by atoms with Crippen LogP contribution in [0.2, 0.25) is 5.02 Å². The Labute approximate surface area is 233 Å². The molecule has 3 aromatic rings. The Morgan fingerprint density at radius 2 is 1.82 bits per heavy atom. The van der Waals surface area contributed by atoms with Crippen molar-refractivity contribution < 1.29 is 14.3 Å². The average Bonchev–Trinajstić information content (AvgIpc) is 2.93. The molecule has 0 fully saturated rings. The van der Waals surface area contributed by atoms with Crippen LogP contribution in [0.25, 0.3) is 0 Å². The van der Waals surface area contributed by atoms with Gasteiger partial charge in [0.25, 0.3) is 0 Å². The summed E-state index contributed by atoms with van der Waals surface area (Å²) >= 11 is 6.30. The van der Waals surface area contributed by atoms with Crippen molar-refractivity contribution in [1.82, 2.24) is 0 Å². The predicted octanol–water partition coefficient (Wildman–Crippen LogP) is 6.85. The topological polar surface area (TPSA) is 88.6 Å². The molecule has 0 saturated heterocycles. The number of nitriles is 1. The summed E-state index contributed by atoms with van der Waals surface area (Å²) in [4.78, 5) is 15.4. The number of aryl methyl sites for hydroxylation is 2. The van der Waals surface area contributed by atoms with Crippen molar-refractivity contribution in [3.05, 3.63) is 111 Å². The van der Waals surface area contributed by atoms with Crippen molar-refractivity contribution in [3.8, 4) is 17.6 Å². The van der Waals surface area contributed by atoms with Crippen LogP contribution in [-0.4, -0.2) is 12.9 Å². The number of hydrogen-bond donors (Lipinski definition) is 1. The summed E-state index contributed by atoms with van der Waals surface area (Å²) in [5.41, 5.74) is 13.3. The standard InChI is InChI=1S/C32H30ClN3O3/c1-19-15-20(2)24(16-21(19)18-39-29-10-5-4-7-26(29)33)30-25(17-34)32(35)36(22-11-13-23(38-3)14-12-22)27-8-6-9-28(37)31(27)30/h4-5,7,10-16,30H,6,8-9,18,35H2,1-3H3. The van der Waals surface area contributed by atoms with Gasteiger partial charge < -0.3 is 15.2 Å². The largest absolute Gasteiger partial charge is 0.497 e. The van der Waals surface area contributed by atoms with Crippen LogP contribution in [0, 0.1) is 25.2 Å². The van der Waals surface area contributed by atoms with Gasteiger partial charge in [0.05, 0.1) is 29.7 Å². The quantitative estimate of drug-likeness (QED) is 0.368. The number of hydrogen-bond acceptors (Lipinski definition) is 6. The van der Waals surface area contributed by atoms with E-state index in [0.717, 1.165) is 40.1 Å². The molecule has 0 aromatic heterocycles. The molecule has 0 bridgehead atoms. The van der Waals surface area contributed by atoms with Crippen LogP contribution in [0.3, 0.4) is 0 Å². The smallest absolute Gasteiger partial charge is 0.161 e. The number of rotatable bonds is 6. The molecule has 3 aromatic carbocycles. The Balaban J connectivity index is 1.62. The second-order valence-electron chi connectivity index (χ2n) is 9.87. The Morgan fingerprint density at radius 3 is 2.51 bits per heavy atom. The number of nitrogens with two attached hydrogens (primary N) is 1. The Kier molecular flexibility index (Phi) is 7.36. The molecule has 0 saturated carbocycles. The highest BCUT2D eigenvalue weighted by Gasteiger charge is 2.41. The summed E-state index contributed by atoms with van der Waals surface area (Å²) in [6, 6.07) is 21.3. The first kappa shape index (κ1) is 26.4. The fraction of sp³-hybridized carbons (Fsp3) is 0.250. The van der Waals surface area contributed by atoms with Gasteiger partial charge in [-0.2, -0.15) is 5.26 Å². The van der Waals surface area contributed by atoms with E-state index in [4.69, 9.17) is 26.8 Å². The average molecular weight is 540 g/mol. The molecule has 39 heavy (non-hydrogen) atoms. The van der Waals surface area contributed by atoms with Crippen LogP contribution >= 0.6 is 11.6 Å². The predicted molar refractivity (Wildman–Crippen MR) is 153 cm³/mol. The van der Waals surface area contributed by atoms with E-state index in [1.807, 2.05) is 67.3 Å². The first-order chi connectivity index (χ1) is 18.8. The lowest BCUT2D eigenvalue weighted by Crippen LogP contribution is -2.38. The molecule has 1 aliphatic carbocycles. The summed E-state index contributed by atoms with van der Waals surface area (Å²) in [6.07, 6.45) is 1.87. The number of benzene rings is 3. The van der Waals surface area contributed by atoms with Crippen LogP contribution in [0.5, 0.6) is 11.5 Å². The third kappa shape index (κ3) is 4.86. The zero-order valence-corrected chi connectivity index (χ0v) is 23.0. The van der Waals surface area contributed by atoms with Crippen molar-refractivity contribution in [3.63, 3.8) is 0 Å². The SMILES string of the molecule is COc1ccc(N2C(N)=C(C#N)C(c3cc(COc4ccccc4Cl)c(C)cc3C)C3=C2CCCC3=O)cc1. The van der Waals surface area contributed by atoms with E-state index >= 15 is 0 Å². The highest BCUT2D eigenvalue weighted by molar-refractivity contribution is 6.32. The van der Waals surface area contributed by atoms with Gasteiger partial charge in [-0.3, -0.25) is 9.69 Å². The molecule has 0 amide bonds. The van der Waals surface area contributed by atoms with E-state index in [2.05, 4.69) is 12.1 Å². The lowest BCUT2D eigenvalue weighted by molar-refractivity contribution is -0.116. The first-order valence-electron chi connectivity index (χ1n) is 12.9. The maximum Gasteiger partial charge on any atom is 0.161 e. The van der Waals surface area contributed by atoms with Gasteiger partial charge in [0.15, 0.2) is 5.78 Å². The molecule has 1 heterocycles. The Bertz CT molecular complexity index is 1550. The number of carbonyl (C=O) groups is 1. The maximum absolute atomic E-state index is 13.6. The third-order valence-corrected chi connectivity index (χ3v) is 7.81. The lowest BCUT2D eigenvalue weighted by atomic mass is 9.74. The van der Waals surface area contributed by atoms with Crippen molar-refractivity contribution >= 4 is 23.1 Å². The molecule has 198 valence electrons. The number of para-hydroxylation sites is 1. The van der Waals surface area contributed by atoms with Crippen LogP contribution in [-0.2, 0) is 11.4 Å². The first-order valence-corrected chi connectivity index (χ1v) is 13.3. The van der Waals surface area contributed by atoms with Gasteiger partial charge in [0.2, 0.25) is 0 Å². The molecule has 1 aliphatic heterocycles. The van der Waals surface area contributed by atoms with Crippen molar-refractivity contribution in [2.75, 3.05) is 12.0 Å². The van der Waals surface area contributed by atoms with Crippen molar-refractivity contribution in [2.24, 2.45) is 5.73 Å². The molecule has 1 unspecified atom stereocenters. The van der Waals surface area contributed by atoms with E-state index < -0.39 is 5.92 Å². The number of Topliss-reactive ketones (excluding diaryl/α,β-unsaturated/α-hetero) is 1. The molecule has 2 N–H and O–H groups in total. The zero-order valence-electron chi connectivity index (χ0n) is 22.3. The lowest BCUT2D eigenvalue weighted by Gasteiger charge is -2.40. The van der Waals surface area contributed by atoms with E-state index in [9.17, 15) is 10.1 Å². The van der Waals surface area contributed by atoms with E-state index in [1.165, 1.54) is 0 Å². The summed E-state index contributed by atoms with van der Waals surface area (Å²) in [7, 11) is 1.61. The van der Waals surface area contributed by atoms with Crippen LogP contribution in [0.15, 0.2) is 83.3 Å². The van der Waals surface area contributed by atoms with Crippen LogP contribution in [0.4, 0.5) is 5.69 Å². The summed E-state index contributed by atoms with van der Waals surface area (Å²) < 4.78 is 11.4. The second-order valence-corrected chi connectivity index (χ2v) is 10.3. The number of ketones is 1. The van der Waals surface area contributed by atoms with E-state index in [-0.39, 0.29) is 5.78 Å². The molecule has 7 heteroatoms. The number of ether oxygens (including phenoxy) is 2. The van der Waals surface area contributed by atoms with E-state index in [1.54, 1.807) is 13.2 Å². The van der Waals surface area contributed by atoms with Gasteiger partial charge in [0, 0.05) is 23.4 Å². The summed E-state index contributed by atoms with van der Waals surface area (Å²) in [5, 5.41) is 10.9. The monoisotopic (exact) mass is 539 g/mol. The van der Waals surface area contributed by atoms with Gasteiger partial charge in [0.1, 0.15) is 23.9 Å². The molecular weight excluding hydrogens is 510 g/mol. The van der Waals surface area contributed by atoms with Crippen LogP contribution < -0.4 is 20.1 Å². The summed E-state index contributed by atoms with van der Waals surface area (Å²) in [5.74, 6) is 1.16. The number of carbonyl (C=O) groups excluding carboxylic acids is 1. The zero-order chi connectivity index (χ0) is 27.7. The Morgan fingerprint density at radius 1 is 1.08 bits per heavy atom. The molecular formula is C32H30ClN3O3. The van der Waals surface area contributed by atoms with E-state index in [0.29, 0.717) is 52.9 Å². The molecule has 0 spiro atoms. The van der Waals surface area contributed by atoms with Gasteiger partial charge in [-0.05, 0) is 85.3 Å². The number of allylic oxidation sites excluding steroid dienone is 3. The second kappa shape index (κ2) is 10.9. The minimum Gasteiger partial charge on any atom is -0.497 e. The molecule has 2 aliphatic rings. The van der Waals surface area contributed by atoms with Gasteiger partial charge in [-0.25, -0.2) is 0 Å². The Hall–Kier alpha value is -4.21. The van der Waals surface area contributed by atoms with Gasteiger partial charge in [-0.1, -0.05) is 35.9 Å². The summed E-state index contributed by atoms with van der Waals surface area (Å²) in [6.45, 7) is 4.34. The highest BCUT2D eigenvalue weighted by Crippen LogP contribution is 2.47. The van der Waals surface area contributed by atoms with Gasteiger partial charge >= 0.3 is 0 Å². The number of halogens is 1.